The number of anilines is 1. The third-order valence-corrected chi connectivity index (χ3v) is 3.49. The van der Waals surface area contributed by atoms with E-state index in [0.29, 0.717) is 0 Å². The van der Waals surface area contributed by atoms with Crippen molar-refractivity contribution in [2.45, 2.75) is 19.1 Å². The lowest BCUT2D eigenvalue weighted by atomic mass is 10.1. The van der Waals surface area contributed by atoms with Crippen LogP contribution in [0.25, 0.3) is 0 Å². The molecule has 3 N–H and O–H groups in total. The van der Waals surface area contributed by atoms with Crippen molar-refractivity contribution in [2.24, 2.45) is 4.99 Å². The minimum atomic E-state index is -4.49. The van der Waals surface area contributed by atoms with Crippen molar-refractivity contribution in [1.82, 2.24) is 10.3 Å². The highest BCUT2D eigenvalue weighted by Crippen LogP contribution is 2.29. The Morgan fingerprint density at radius 1 is 1.21 bits per heavy atom. The molecule has 1 unspecified atom stereocenters. The summed E-state index contributed by atoms with van der Waals surface area (Å²) in [7, 11) is 1.49. The molecule has 2 rings (SSSR count). The van der Waals surface area contributed by atoms with E-state index in [1.165, 1.54) is 19.2 Å². The molecule has 0 saturated carbocycles. The van der Waals surface area contributed by atoms with Crippen LogP contribution in [-0.2, 0) is 10.9 Å². The highest BCUT2D eigenvalue weighted by atomic mass is 19.4. The van der Waals surface area contributed by atoms with E-state index in [2.05, 4.69) is 20.6 Å². The molecule has 10 heteroatoms. The van der Waals surface area contributed by atoms with Gasteiger partial charge in [-0.05, 0) is 37.3 Å². The molecule has 0 spiro atoms. The molecule has 0 aliphatic heterocycles. The molecule has 1 heterocycles. The maximum Gasteiger partial charge on any atom is 0.416 e. The molecular formula is C18H19F3N4O3. The van der Waals surface area contributed by atoms with Gasteiger partial charge in [0.15, 0.2) is 0 Å². The number of rotatable bonds is 5. The molecule has 0 fully saturated rings. The number of nitrogens with zero attached hydrogens (tertiary/aromatic N) is 1. The molecule has 7 nitrogen and oxygen atoms in total. The Kier molecular flexibility index (Phi) is 6.94. The fraction of sp³-hybridized carbons (Fsp3) is 0.278. The number of ether oxygens (including phenoxy) is 1. The summed E-state index contributed by atoms with van der Waals surface area (Å²) < 4.78 is 43.0. The average Bonchev–Trinajstić information content (AvgIpc) is 2.61. The summed E-state index contributed by atoms with van der Waals surface area (Å²) in [5.74, 6) is -0.372. The van der Waals surface area contributed by atoms with E-state index in [9.17, 15) is 22.8 Å². The number of methoxy groups -OCH3 is 1. The molecular weight excluding hydrogens is 377 g/mol. The van der Waals surface area contributed by atoms with Crippen molar-refractivity contribution in [1.29, 1.82) is 0 Å². The van der Waals surface area contributed by atoms with E-state index < -0.39 is 17.6 Å². The third-order valence-electron chi connectivity index (χ3n) is 3.49. The van der Waals surface area contributed by atoms with Crippen LogP contribution in [0.3, 0.4) is 0 Å². The first-order valence-electron chi connectivity index (χ1n) is 8.20. The van der Waals surface area contributed by atoms with Gasteiger partial charge in [0, 0.05) is 18.7 Å². The minimum absolute atomic E-state index is 0.0105. The van der Waals surface area contributed by atoms with Gasteiger partial charge >= 0.3 is 6.18 Å². The van der Waals surface area contributed by atoms with Crippen molar-refractivity contribution in [3.05, 3.63) is 63.9 Å². The lowest BCUT2D eigenvalue weighted by molar-refractivity contribution is -0.137. The van der Waals surface area contributed by atoms with Gasteiger partial charge in [-0.15, -0.1) is 0 Å². The largest absolute Gasteiger partial charge is 0.416 e. The molecule has 1 atom stereocenters. The number of pyridine rings is 1. The second kappa shape index (κ2) is 9.18. The molecule has 1 aromatic heterocycles. The smallest absolute Gasteiger partial charge is 0.382 e. The normalized spacial score (nSPS) is 13.1. The van der Waals surface area contributed by atoms with Gasteiger partial charge < -0.3 is 15.0 Å². The summed E-state index contributed by atoms with van der Waals surface area (Å²) in [5.41, 5.74) is -1.20. The molecule has 1 amide bonds. The van der Waals surface area contributed by atoms with Crippen LogP contribution in [-0.4, -0.2) is 36.6 Å². The van der Waals surface area contributed by atoms with Gasteiger partial charge in [0.2, 0.25) is 11.5 Å². The maximum atomic E-state index is 12.7. The number of nitrogens with one attached hydrogen (secondary N) is 3. The van der Waals surface area contributed by atoms with Gasteiger partial charge in [-0.1, -0.05) is 6.07 Å². The molecule has 0 aliphatic carbocycles. The number of aliphatic imine (C=N–C) groups is 1. The number of benzene rings is 1. The zero-order valence-corrected chi connectivity index (χ0v) is 15.1. The van der Waals surface area contributed by atoms with Crippen molar-refractivity contribution in [3.8, 4) is 0 Å². The van der Waals surface area contributed by atoms with Crippen molar-refractivity contribution >= 4 is 17.7 Å². The Balaban J connectivity index is 2.21. The van der Waals surface area contributed by atoms with Gasteiger partial charge in [0.1, 0.15) is 5.82 Å². The Hall–Kier alpha value is -3.14. The van der Waals surface area contributed by atoms with E-state index in [4.69, 9.17) is 4.74 Å². The van der Waals surface area contributed by atoms with Crippen LogP contribution in [0.5, 0.6) is 0 Å². The van der Waals surface area contributed by atoms with Gasteiger partial charge in [-0.3, -0.25) is 14.9 Å². The van der Waals surface area contributed by atoms with E-state index in [1.54, 1.807) is 13.0 Å². The Morgan fingerprint density at radius 3 is 2.46 bits per heavy atom. The zero-order chi connectivity index (χ0) is 20.7. The SMILES string of the molecule is COCC(C)N=C(NC(=O)c1ccc(C(F)(F)F)cc1)Nc1cccc(=O)[nH]1. The van der Waals surface area contributed by atoms with E-state index in [1.807, 2.05) is 0 Å². The molecule has 0 bridgehead atoms. The lowest BCUT2D eigenvalue weighted by Crippen LogP contribution is -2.37. The Morgan fingerprint density at radius 2 is 1.89 bits per heavy atom. The summed E-state index contributed by atoms with van der Waals surface area (Å²) in [6.07, 6.45) is -4.49. The molecule has 0 aliphatic rings. The standard InChI is InChI=1S/C18H19F3N4O3/c1-11(10-28-2)22-17(24-14-4-3-5-15(26)23-14)25-16(27)12-6-8-13(9-7-12)18(19,20)21/h3-9,11H,10H2,1-2H3,(H3,22,23,24,25,26,27). The number of hydrogen-bond acceptors (Lipinski definition) is 4. The van der Waals surface area contributed by atoms with Crippen molar-refractivity contribution in [2.75, 3.05) is 19.0 Å². The molecule has 28 heavy (non-hydrogen) atoms. The number of carbonyl (C=O) groups is 1. The number of aromatic nitrogens is 1. The fourth-order valence-electron chi connectivity index (χ4n) is 2.23. The van der Waals surface area contributed by atoms with Gasteiger partial charge in [-0.2, -0.15) is 13.2 Å². The van der Waals surface area contributed by atoms with E-state index in [0.717, 1.165) is 24.3 Å². The third kappa shape index (κ3) is 6.23. The van der Waals surface area contributed by atoms with Gasteiger partial charge in [-0.25, -0.2) is 4.99 Å². The topological polar surface area (TPSA) is 95.6 Å². The van der Waals surface area contributed by atoms with Crippen LogP contribution < -0.4 is 16.2 Å². The van der Waals surface area contributed by atoms with Crippen LogP contribution in [0.4, 0.5) is 19.0 Å². The summed E-state index contributed by atoms with van der Waals surface area (Å²) in [6, 6.07) is 7.82. The molecule has 150 valence electrons. The fourth-order valence-corrected chi connectivity index (χ4v) is 2.23. The summed E-state index contributed by atoms with van der Waals surface area (Å²) in [6.45, 7) is 2.01. The first-order chi connectivity index (χ1) is 13.2. The zero-order valence-electron chi connectivity index (χ0n) is 15.1. The van der Waals surface area contributed by atoms with Crippen LogP contribution in [0, 0.1) is 0 Å². The Labute approximate surface area is 158 Å². The number of aromatic amines is 1. The van der Waals surface area contributed by atoms with E-state index >= 15 is 0 Å². The summed E-state index contributed by atoms with van der Waals surface area (Å²) in [4.78, 5) is 30.6. The predicted molar refractivity (Wildman–Crippen MR) is 98.4 cm³/mol. The van der Waals surface area contributed by atoms with Crippen LogP contribution in [0.1, 0.15) is 22.8 Å². The second-order valence-electron chi connectivity index (χ2n) is 5.87. The number of carbonyl (C=O) groups excluding carboxylic acids is 1. The number of H-pyrrole nitrogens is 1. The maximum absolute atomic E-state index is 12.7. The number of guanidine groups is 1. The van der Waals surface area contributed by atoms with Gasteiger partial charge in [0.25, 0.3) is 5.91 Å². The van der Waals surface area contributed by atoms with Crippen LogP contribution in [0.2, 0.25) is 0 Å². The van der Waals surface area contributed by atoms with Gasteiger partial charge in [0.05, 0.1) is 18.2 Å². The number of alkyl halides is 3. The predicted octanol–water partition coefficient (Wildman–Crippen LogP) is 2.63. The second-order valence-corrected chi connectivity index (χ2v) is 5.87. The molecule has 1 aromatic carbocycles. The molecule has 0 radical (unpaired) electrons. The molecule has 0 saturated heterocycles. The highest BCUT2D eigenvalue weighted by molar-refractivity contribution is 6.09. The van der Waals surface area contributed by atoms with Crippen molar-refractivity contribution in [3.63, 3.8) is 0 Å². The molecule has 2 aromatic rings. The summed E-state index contributed by atoms with van der Waals surface area (Å²) in [5, 5.41) is 5.26. The first kappa shape index (κ1) is 21.2. The van der Waals surface area contributed by atoms with E-state index in [-0.39, 0.29) is 35.5 Å². The van der Waals surface area contributed by atoms with Crippen LogP contribution in [0.15, 0.2) is 52.3 Å². The average molecular weight is 396 g/mol. The number of amides is 1. The monoisotopic (exact) mass is 396 g/mol. The number of halogens is 3. The number of hydrogen-bond donors (Lipinski definition) is 3. The first-order valence-corrected chi connectivity index (χ1v) is 8.20. The van der Waals surface area contributed by atoms with Crippen LogP contribution >= 0.6 is 0 Å². The van der Waals surface area contributed by atoms with Crippen molar-refractivity contribution < 1.29 is 22.7 Å². The Bertz CT molecular complexity index is 892. The summed E-state index contributed by atoms with van der Waals surface area (Å²) >= 11 is 0. The quantitative estimate of drug-likeness (QED) is 0.535. The highest BCUT2D eigenvalue weighted by Gasteiger charge is 2.30. The minimum Gasteiger partial charge on any atom is -0.382 e. The lowest BCUT2D eigenvalue weighted by Gasteiger charge is -2.14.